The summed E-state index contributed by atoms with van der Waals surface area (Å²) >= 11 is 0. The first-order valence-corrected chi connectivity index (χ1v) is 6.56. The Hall–Kier alpha value is -1.94. The zero-order chi connectivity index (χ0) is 15.2. The Kier molecular flexibility index (Phi) is 5.28. The quantitative estimate of drug-likeness (QED) is 0.753. The van der Waals surface area contributed by atoms with Gasteiger partial charge in [0.05, 0.1) is 24.9 Å². The van der Waals surface area contributed by atoms with E-state index in [1.54, 1.807) is 0 Å². The number of benzene rings is 1. The van der Waals surface area contributed by atoms with Crippen LogP contribution in [0.1, 0.15) is 15.9 Å². The summed E-state index contributed by atoms with van der Waals surface area (Å²) in [6.45, 7) is 0.431. The fourth-order valence-electron chi connectivity index (χ4n) is 2.12. The molecule has 1 atom stereocenters. The molecule has 0 saturated carbocycles. The van der Waals surface area contributed by atoms with E-state index in [2.05, 4.69) is 11.8 Å². The number of amides is 1. The van der Waals surface area contributed by atoms with Gasteiger partial charge >= 0.3 is 0 Å². The minimum Gasteiger partial charge on any atom is -0.394 e. The van der Waals surface area contributed by atoms with E-state index in [0.717, 1.165) is 6.07 Å². The molecule has 0 bridgehead atoms. The first-order chi connectivity index (χ1) is 10.2. The predicted octanol–water partition coefficient (Wildman–Crippen LogP) is 0.00280. The number of hydrogen-bond donors (Lipinski definition) is 2. The van der Waals surface area contributed by atoms with Crippen LogP contribution in [0.2, 0.25) is 0 Å². The smallest absolute Gasteiger partial charge is 0.255 e. The molecule has 0 aliphatic carbocycles. The molecule has 1 aromatic carbocycles. The van der Waals surface area contributed by atoms with Gasteiger partial charge in [0.2, 0.25) is 0 Å². The number of carbonyl (C=O) groups excluding carboxylic acids is 1. The maximum absolute atomic E-state index is 13.4. The van der Waals surface area contributed by atoms with Crippen molar-refractivity contribution >= 4 is 5.91 Å². The lowest BCUT2D eigenvalue weighted by molar-refractivity contribution is -0.0447. The molecule has 5 nitrogen and oxygen atoms in total. The average Bonchev–Trinajstić information content (AvgIpc) is 2.53. The van der Waals surface area contributed by atoms with Crippen LogP contribution in [-0.4, -0.2) is 60.0 Å². The van der Waals surface area contributed by atoms with Crippen LogP contribution >= 0.6 is 0 Å². The number of hydrogen-bond acceptors (Lipinski definition) is 4. The molecule has 1 aliphatic heterocycles. The third-order valence-electron chi connectivity index (χ3n) is 3.14. The van der Waals surface area contributed by atoms with E-state index >= 15 is 0 Å². The number of carbonyl (C=O) groups is 1. The third kappa shape index (κ3) is 3.79. The Morgan fingerprint density at radius 2 is 2.29 bits per heavy atom. The summed E-state index contributed by atoms with van der Waals surface area (Å²) in [6, 6.07) is 3.76. The number of aliphatic hydroxyl groups is 2. The summed E-state index contributed by atoms with van der Waals surface area (Å²) < 4.78 is 18.7. The molecule has 2 N–H and O–H groups in total. The average molecular weight is 293 g/mol. The highest BCUT2D eigenvalue weighted by atomic mass is 19.1. The largest absolute Gasteiger partial charge is 0.394 e. The minimum absolute atomic E-state index is 0.148. The maximum Gasteiger partial charge on any atom is 0.255 e. The van der Waals surface area contributed by atoms with Gasteiger partial charge in [0, 0.05) is 18.7 Å². The molecule has 1 fully saturated rings. The van der Waals surface area contributed by atoms with Crippen molar-refractivity contribution in [2.75, 3.05) is 32.9 Å². The molecule has 1 amide bonds. The second kappa shape index (κ2) is 7.18. The lowest BCUT2D eigenvalue weighted by Crippen LogP contribution is -2.47. The highest BCUT2D eigenvalue weighted by Crippen LogP contribution is 2.16. The normalized spacial score (nSPS) is 18.0. The van der Waals surface area contributed by atoms with E-state index in [1.807, 2.05) is 0 Å². The maximum atomic E-state index is 13.4. The van der Waals surface area contributed by atoms with Gasteiger partial charge in [0.1, 0.15) is 12.4 Å². The topological polar surface area (TPSA) is 70.0 Å². The standard InChI is InChI=1S/C15H16FNO4/c16-12-4-3-11(2-1-6-18)14(8-12)15(20)17-5-7-21-13(9-17)10-19/h3-4,8,13,18-19H,5-7,9-10H2. The van der Waals surface area contributed by atoms with E-state index in [0.29, 0.717) is 18.7 Å². The number of ether oxygens (including phenoxy) is 1. The number of aliphatic hydroxyl groups excluding tert-OH is 2. The summed E-state index contributed by atoms with van der Waals surface area (Å²) in [5, 5.41) is 17.8. The van der Waals surface area contributed by atoms with Crippen molar-refractivity contribution in [3.63, 3.8) is 0 Å². The van der Waals surface area contributed by atoms with Crippen molar-refractivity contribution in [3.05, 3.63) is 35.1 Å². The van der Waals surface area contributed by atoms with Crippen molar-refractivity contribution in [2.24, 2.45) is 0 Å². The number of halogens is 1. The first kappa shape index (κ1) is 15.4. The lowest BCUT2D eigenvalue weighted by Gasteiger charge is -2.32. The van der Waals surface area contributed by atoms with Gasteiger partial charge in [0.25, 0.3) is 5.91 Å². The molecule has 0 aromatic heterocycles. The third-order valence-corrected chi connectivity index (χ3v) is 3.14. The van der Waals surface area contributed by atoms with Gasteiger partial charge in [-0.1, -0.05) is 11.8 Å². The first-order valence-electron chi connectivity index (χ1n) is 6.56. The van der Waals surface area contributed by atoms with Crippen molar-refractivity contribution in [1.29, 1.82) is 0 Å². The summed E-state index contributed by atoms with van der Waals surface area (Å²) in [7, 11) is 0. The van der Waals surface area contributed by atoms with Crippen LogP contribution in [0.4, 0.5) is 4.39 Å². The van der Waals surface area contributed by atoms with Gasteiger partial charge in [0.15, 0.2) is 0 Å². The molecule has 21 heavy (non-hydrogen) atoms. The summed E-state index contributed by atoms with van der Waals surface area (Å²) in [5.41, 5.74) is 0.511. The van der Waals surface area contributed by atoms with E-state index in [9.17, 15) is 9.18 Å². The second-order valence-corrected chi connectivity index (χ2v) is 4.58. The van der Waals surface area contributed by atoms with Gasteiger partial charge in [-0.2, -0.15) is 0 Å². The fraction of sp³-hybridized carbons (Fsp3) is 0.400. The van der Waals surface area contributed by atoms with Gasteiger partial charge in [-0.05, 0) is 18.2 Å². The summed E-state index contributed by atoms with van der Waals surface area (Å²) in [5.74, 6) is 4.20. The zero-order valence-corrected chi connectivity index (χ0v) is 11.4. The molecule has 1 aliphatic rings. The van der Waals surface area contributed by atoms with Crippen LogP contribution in [-0.2, 0) is 4.74 Å². The molecule has 1 heterocycles. The van der Waals surface area contributed by atoms with E-state index in [-0.39, 0.29) is 31.2 Å². The predicted molar refractivity (Wildman–Crippen MR) is 73.1 cm³/mol. The molecule has 0 spiro atoms. The van der Waals surface area contributed by atoms with Crippen LogP contribution in [0.15, 0.2) is 18.2 Å². The van der Waals surface area contributed by atoms with Crippen LogP contribution in [0, 0.1) is 17.7 Å². The van der Waals surface area contributed by atoms with E-state index in [1.165, 1.54) is 17.0 Å². The van der Waals surface area contributed by atoms with E-state index < -0.39 is 11.9 Å². The van der Waals surface area contributed by atoms with Gasteiger partial charge in [-0.3, -0.25) is 4.79 Å². The Morgan fingerprint density at radius 1 is 1.48 bits per heavy atom. The Bertz CT molecular complexity index is 579. The fourth-order valence-corrected chi connectivity index (χ4v) is 2.12. The molecule has 112 valence electrons. The van der Waals surface area contributed by atoms with Crippen molar-refractivity contribution in [3.8, 4) is 11.8 Å². The Labute approximate surface area is 121 Å². The zero-order valence-electron chi connectivity index (χ0n) is 11.4. The molecule has 2 rings (SSSR count). The van der Waals surface area contributed by atoms with Crippen molar-refractivity contribution in [2.45, 2.75) is 6.10 Å². The SMILES string of the molecule is O=C(c1cc(F)ccc1C#CCO)N1CCOC(CO)C1. The second-order valence-electron chi connectivity index (χ2n) is 4.58. The number of morpholine rings is 1. The van der Waals surface area contributed by atoms with Crippen molar-refractivity contribution in [1.82, 2.24) is 4.90 Å². The molecular formula is C15H16FNO4. The highest BCUT2D eigenvalue weighted by Gasteiger charge is 2.26. The molecule has 1 unspecified atom stereocenters. The molecular weight excluding hydrogens is 277 g/mol. The van der Waals surface area contributed by atoms with Crippen molar-refractivity contribution < 1.29 is 24.1 Å². The Morgan fingerprint density at radius 3 is 3.00 bits per heavy atom. The van der Waals surface area contributed by atoms with Crippen LogP contribution in [0.3, 0.4) is 0 Å². The van der Waals surface area contributed by atoms with Crippen LogP contribution in [0.5, 0.6) is 0 Å². The molecule has 1 saturated heterocycles. The molecule has 6 heteroatoms. The number of rotatable bonds is 2. The Balaban J connectivity index is 2.27. The number of nitrogens with zero attached hydrogens (tertiary/aromatic N) is 1. The summed E-state index contributed by atoms with van der Waals surface area (Å²) in [4.78, 5) is 14.0. The molecule has 0 radical (unpaired) electrons. The van der Waals surface area contributed by atoms with Crippen LogP contribution in [0.25, 0.3) is 0 Å². The monoisotopic (exact) mass is 293 g/mol. The lowest BCUT2D eigenvalue weighted by atomic mass is 10.1. The van der Waals surface area contributed by atoms with Gasteiger partial charge in [-0.25, -0.2) is 4.39 Å². The summed E-state index contributed by atoms with van der Waals surface area (Å²) in [6.07, 6.45) is -0.428. The highest BCUT2D eigenvalue weighted by molar-refractivity contribution is 5.96. The molecule has 1 aromatic rings. The van der Waals surface area contributed by atoms with Gasteiger partial charge < -0.3 is 19.8 Å². The van der Waals surface area contributed by atoms with E-state index in [4.69, 9.17) is 14.9 Å². The minimum atomic E-state index is -0.528. The van der Waals surface area contributed by atoms with Gasteiger partial charge in [-0.15, -0.1) is 0 Å². The van der Waals surface area contributed by atoms with Crippen LogP contribution < -0.4 is 0 Å².